The maximum atomic E-state index is 3.67. The highest BCUT2D eigenvalue weighted by molar-refractivity contribution is 8.37. The normalized spacial score (nSPS) is 30.3. The second-order valence-corrected chi connectivity index (χ2v) is 9.80. The van der Waals surface area contributed by atoms with Crippen LogP contribution in [0.4, 0.5) is 0 Å². The smallest absolute Gasteiger partial charge is 0.00999 e. The molecule has 0 saturated heterocycles. The van der Waals surface area contributed by atoms with Crippen molar-refractivity contribution in [1.29, 1.82) is 0 Å². The lowest BCUT2D eigenvalue weighted by Gasteiger charge is -2.30. The lowest BCUT2D eigenvalue weighted by atomic mass is 9.90. The maximum absolute atomic E-state index is 3.67. The van der Waals surface area contributed by atoms with Crippen LogP contribution in [-0.2, 0) is 0 Å². The summed E-state index contributed by atoms with van der Waals surface area (Å²) in [6.07, 6.45) is 10.3. The zero-order valence-corrected chi connectivity index (χ0v) is 13.1. The van der Waals surface area contributed by atoms with E-state index in [1.807, 2.05) is 0 Å². The van der Waals surface area contributed by atoms with Crippen LogP contribution in [0.25, 0.3) is 0 Å². The van der Waals surface area contributed by atoms with Crippen LogP contribution in [0.3, 0.4) is 0 Å². The summed E-state index contributed by atoms with van der Waals surface area (Å²) in [4.78, 5) is 0. The van der Waals surface area contributed by atoms with Crippen LogP contribution < -0.4 is 0 Å². The zero-order valence-electron chi connectivity index (χ0n) is 12.2. The minimum absolute atomic E-state index is 0.591. The van der Waals surface area contributed by atoms with Gasteiger partial charge in [-0.15, -0.1) is 0 Å². The molecule has 0 aromatic heterocycles. The van der Waals surface area contributed by atoms with Crippen molar-refractivity contribution in [3.8, 4) is 11.2 Å². The Kier molecular flexibility index (Phi) is 4.84. The number of rotatable bonds is 5. The molecule has 0 aromatic rings. The molecule has 1 saturated carbocycles. The minimum Gasteiger partial charge on any atom is -0.178 e. The van der Waals surface area contributed by atoms with Gasteiger partial charge in [-0.3, -0.25) is 0 Å². The second kappa shape index (κ2) is 6.20. The average molecular weight is 264 g/mol. The van der Waals surface area contributed by atoms with Crippen LogP contribution in [-0.4, -0.2) is 17.3 Å². The lowest BCUT2D eigenvalue weighted by molar-refractivity contribution is 0.422. The highest BCUT2D eigenvalue weighted by Crippen LogP contribution is 2.46. The molecule has 0 heterocycles. The van der Waals surface area contributed by atoms with Gasteiger partial charge >= 0.3 is 0 Å². The van der Waals surface area contributed by atoms with Crippen LogP contribution in [0.1, 0.15) is 46.5 Å². The first-order valence-electron chi connectivity index (χ1n) is 7.67. The summed E-state index contributed by atoms with van der Waals surface area (Å²) in [5, 5.41) is 3.67. The summed E-state index contributed by atoms with van der Waals surface area (Å²) in [5.74, 6) is 10.1. The molecule has 0 amide bonds. The fourth-order valence-electron chi connectivity index (χ4n) is 3.52. The molecule has 0 spiro atoms. The Hall–Kier alpha value is -0.350. The third-order valence-corrected chi connectivity index (χ3v) is 8.90. The van der Waals surface area contributed by atoms with Gasteiger partial charge in [0.15, 0.2) is 0 Å². The van der Waals surface area contributed by atoms with Crippen molar-refractivity contribution in [2.24, 2.45) is 17.8 Å². The van der Waals surface area contributed by atoms with Crippen LogP contribution in [0.15, 0.2) is 12.2 Å². The predicted molar refractivity (Wildman–Crippen MR) is 85.1 cm³/mol. The molecule has 3 atom stereocenters. The Balaban J connectivity index is 1.80. The summed E-state index contributed by atoms with van der Waals surface area (Å²) in [7, 11) is -0.591. The van der Waals surface area contributed by atoms with E-state index in [0.29, 0.717) is 0 Å². The number of allylic oxidation sites excluding steroid dienone is 2. The zero-order chi connectivity index (χ0) is 13.0. The third-order valence-electron chi connectivity index (χ3n) is 5.00. The van der Waals surface area contributed by atoms with Gasteiger partial charge in [-0.05, 0) is 54.3 Å². The van der Waals surface area contributed by atoms with Gasteiger partial charge in [0.25, 0.3) is 0 Å². The summed E-state index contributed by atoms with van der Waals surface area (Å²) in [5.41, 5.74) is 0. The van der Waals surface area contributed by atoms with Crippen LogP contribution in [0, 0.1) is 28.9 Å². The Morgan fingerprint density at radius 3 is 2.28 bits per heavy atom. The monoisotopic (exact) mass is 264 g/mol. The van der Waals surface area contributed by atoms with Crippen molar-refractivity contribution in [2.75, 3.05) is 17.3 Å². The molecule has 102 valence electrons. The molecule has 0 aliphatic heterocycles. The van der Waals surface area contributed by atoms with Gasteiger partial charge in [0.2, 0.25) is 0 Å². The predicted octanol–water partition coefficient (Wildman–Crippen LogP) is 4.80. The number of hydrogen-bond acceptors (Lipinski definition) is 0. The van der Waals surface area contributed by atoms with E-state index in [1.54, 1.807) is 0 Å². The van der Waals surface area contributed by atoms with Crippen molar-refractivity contribution < 1.29 is 0 Å². The molecular formula is C17H28S. The number of hydrogen-bond donors (Lipinski definition) is 0. The van der Waals surface area contributed by atoms with Crippen LogP contribution >= 0.6 is 10.0 Å². The molecule has 0 aromatic carbocycles. The first-order valence-corrected chi connectivity index (χ1v) is 9.81. The van der Waals surface area contributed by atoms with E-state index in [0.717, 1.165) is 24.2 Å². The van der Waals surface area contributed by atoms with Crippen LogP contribution in [0.2, 0.25) is 0 Å². The molecule has 2 aliphatic rings. The summed E-state index contributed by atoms with van der Waals surface area (Å²) in [6, 6.07) is 0. The van der Waals surface area contributed by atoms with Crippen molar-refractivity contribution in [3.05, 3.63) is 12.2 Å². The van der Waals surface area contributed by atoms with Gasteiger partial charge in [0, 0.05) is 6.42 Å². The first-order chi connectivity index (χ1) is 8.73. The maximum Gasteiger partial charge on any atom is 0.00999 e. The van der Waals surface area contributed by atoms with Gasteiger partial charge in [-0.1, -0.05) is 44.1 Å². The summed E-state index contributed by atoms with van der Waals surface area (Å²) in [6.45, 7) is 6.95. The van der Waals surface area contributed by atoms with E-state index >= 15 is 0 Å². The second-order valence-electron chi connectivity index (χ2n) is 5.77. The molecule has 2 rings (SSSR count). The standard InChI is InChI=1S/C17H28S/c1-4-18(5-2,6-3)12-8-7-9-16-13-15-10-11-17(16)14-15/h10-11,15-17H,4-7,9,13-14H2,1-3H3. The van der Waals surface area contributed by atoms with Crippen LogP contribution in [0.5, 0.6) is 0 Å². The van der Waals surface area contributed by atoms with E-state index in [2.05, 4.69) is 44.1 Å². The van der Waals surface area contributed by atoms with E-state index in [9.17, 15) is 0 Å². The Morgan fingerprint density at radius 2 is 1.78 bits per heavy atom. The summed E-state index contributed by atoms with van der Waals surface area (Å²) >= 11 is 0. The van der Waals surface area contributed by atoms with Crippen molar-refractivity contribution >= 4 is 10.0 Å². The van der Waals surface area contributed by atoms with Gasteiger partial charge in [0.05, 0.1) is 0 Å². The topological polar surface area (TPSA) is 0 Å². The van der Waals surface area contributed by atoms with E-state index in [-0.39, 0.29) is 0 Å². The molecule has 3 unspecified atom stereocenters. The molecular weight excluding hydrogens is 236 g/mol. The van der Waals surface area contributed by atoms with Crippen molar-refractivity contribution in [2.45, 2.75) is 46.5 Å². The quantitative estimate of drug-likeness (QED) is 0.494. The fraction of sp³-hybridized carbons (Fsp3) is 0.765. The summed E-state index contributed by atoms with van der Waals surface area (Å²) < 4.78 is 0. The highest BCUT2D eigenvalue weighted by Gasteiger charge is 2.34. The van der Waals surface area contributed by atoms with E-state index in [4.69, 9.17) is 0 Å². The largest absolute Gasteiger partial charge is 0.178 e. The molecule has 1 fully saturated rings. The molecule has 0 radical (unpaired) electrons. The van der Waals surface area contributed by atoms with E-state index < -0.39 is 10.0 Å². The minimum atomic E-state index is -0.591. The number of fused-ring (bicyclic) bond motifs is 2. The van der Waals surface area contributed by atoms with Crippen molar-refractivity contribution in [3.63, 3.8) is 0 Å². The van der Waals surface area contributed by atoms with Gasteiger partial charge in [-0.2, -0.15) is 10.0 Å². The average Bonchev–Trinajstić information content (AvgIpc) is 3.02. The first kappa shape index (κ1) is 14.1. The lowest BCUT2D eigenvalue weighted by Crippen LogP contribution is -2.07. The molecule has 2 bridgehead atoms. The molecule has 0 N–H and O–H groups in total. The Bertz CT molecular complexity index is 345. The molecule has 2 aliphatic carbocycles. The third kappa shape index (κ3) is 2.97. The van der Waals surface area contributed by atoms with E-state index in [1.165, 1.54) is 36.5 Å². The SMILES string of the molecule is CCS(C#CCCC1CC2C=CC1C2)(CC)CC. The molecule has 1 heteroatoms. The Labute approximate surface area is 115 Å². The molecule has 0 nitrogen and oxygen atoms in total. The van der Waals surface area contributed by atoms with Gasteiger partial charge in [-0.25, -0.2) is 0 Å². The highest BCUT2D eigenvalue weighted by atomic mass is 32.3. The van der Waals surface area contributed by atoms with Gasteiger partial charge < -0.3 is 0 Å². The fourth-order valence-corrected chi connectivity index (χ4v) is 5.58. The Morgan fingerprint density at radius 1 is 1.06 bits per heavy atom. The van der Waals surface area contributed by atoms with Gasteiger partial charge in [0.1, 0.15) is 0 Å². The molecule has 18 heavy (non-hydrogen) atoms. The van der Waals surface area contributed by atoms with Crippen molar-refractivity contribution in [1.82, 2.24) is 0 Å².